The van der Waals surface area contributed by atoms with Crippen LogP contribution < -0.4 is 11.1 Å². The van der Waals surface area contributed by atoms with Crippen molar-refractivity contribution >= 4 is 27.3 Å². The van der Waals surface area contributed by atoms with Crippen molar-refractivity contribution in [2.45, 2.75) is 39.2 Å². The molecule has 0 aliphatic heterocycles. The molecule has 0 heterocycles. The third kappa shape index (κ3) is 2.88. The molecule has 0 amide bonds. The van der Waals surface area contributed by atoms with Gasteiger partial charge in [0.05, 0.1) is 15.8 Å². The van der Waals surface area contributed by atoms with Crippen LogP contribution in [0, 0.1) is 5.82 Å². The minimum absolute atomic E-state index is 0.00854. The Morgan fingerprint density at radius 3 is 2.44 bits per heavy atom. The first kappa shape index (κ1) is 13.3. The predicted molar refractivity (Wildman–Crippen MR) is 71.1 cm³/mol. The predicted octanol–water partition coefficient (Wildman–Crippen LogP) is 4.16. The van der Waals surface area contributed by atoms with Gasteiger partial charge >= 0.3 is 0 Å². The van der Waals surface area contributed by atoms with Crippen LogP contribution in [0.1, 0.15) is 33.6 Å². The van der Waals surface area contributed by atoms with Crippen molar-refractivity contribution in [3.05, 3.63) is 22.4 Å². The summed E-state index contributed by atoms with van der Waals surface area (Å²) < 4.78 is 13.6. The number of benzene rings is 1. The molecule has 1 aromatic rings. The minimum Gasteiger partial charge on any atom is -0.397 e. The van der Waals surface area contributed by atoms with Crippen LogP contribution in [0.3, 0.4) is 0 Å². The summed E-state index contributed by atoms with van der Waals surface area (Å²) in [4.78, 5) is 0. The number of hydrogen-bond acceptors (Lipinski definition) is 2. The second-order valence-corrected chi connectivity index (χ2v) is 5.10. The summed E-state index contributed by atoms with van der Waals surface area (Å²) in [5, 5.41) is 3.37. The van der Waals surface area contributed by atoms with Crippen LogP contribution >= 0.6 is 15.9 Å². The number of anilines is 2. The first-order valence-corrected chi connectivity index (χ1v) is 6.24. The van der Waals surface area contributed by atoms with Gasteiger partial charge in [0, 0.05) is 11.6 Å². The highest BCUT2D eigenvalue weighted by Gasteiger charge is 2.20. The molecule has 0 saturated carbocycles. The minimum atomic E-state index is -0.335. The average molecular weight is 289 g/mol. The Bertz CT molecular complexity index is 376. The summed E-state index contributed by atoms with van der Waals surface area (Å²) in [7, 11) is 0. The van der Waals surface area contributed by atoms with Crippen molar-refractivity contribution in [1.82, 2.24) is 0 Å². The van der Waals surface area contributed by atoms with Gasteiger partial charge in [0.2, 0.25) is 0 Å². The molecule has 1 rings (SSSR count). The zero-order valence-electron chi connectivity index (χ0n) is 9.90. The molecule has 0 radical (unpaired) electrons. The lowest BCUT2D eigenvalue weighted by molar-refractivity contribution is 0.478. The van der Waals surface area contributed by atoms with Crippen molar-refractivity contribution in [3.8, 4) is 0 Å². The van der Waals surface area contributed by atoms with Crippen molar-refractivity contribution in [3.63, 3.8) is 0 Å². The molecule has 3 N–H and O–H groups in total. The lowest BCUT2D eigenvalue weighted by atomic mass is 9.95. The molecule has 0 unspecified atom stereocenters. The molecule has 4 heteroatoms. The average Bonchev–Trinajstić information content (AvgIpc) is 2.25. The Hall–Kier alpha value is -0.770. The van der Waals surface area contributed by atoms with E-state index in [0.29, 0.717) is 10.2 Å². The van der Waals surface area contributed by atoms with Crippen LogP contribution in [-0.4, -0.2) is 5.54 Å². The standard InChI is InChI=1S/C12H18BrFN2/c1-4-12(3,5-2)16-11-6-8(13)9(14)7-10(11)15/h6-7,16H,4-5,15H2,1-3H3. The molecule has 0 saturated heterocycles. The van der Waals surface area contributed by atoms with Crippen LogP contribution in [-0.2, 0) is 0 Å². The van der Waals surface area contributed by atoms with E-state index < -0.39 is 0 Å². The van der Waals surface area contributed by atoms with Crippen LogP contribution in [0.15, 0.2) is 16.6 Å². The van der Waals surface area contributed by atoms with Gasteiger partial charge in [-0.1, -0.05) is 13.8 Å². The van der Waals surface area contributed by atoms with Crippen LogP contribution in [0.4, 0.5) is 15.8 Å². The van der Waals surface area contributed by atoms with Gasteiger partial charge in [-0.15, -0.1) is 0 Å². The fourth-order valence-corrected chi connectivity index (χ4v) is 1.77. The normalized spacial score (nSPS) is 11.6. The summed E-state index contributed by atoms with van der Waals surface area (Å²) in [6, 6.07) is 3.02. The van der Waals surface area contributed by atoms with E-state index in [2.05, 4.69) is 42.0 Å². The van der Waals surface area contributed by atoms with Gasteiger partial charge < -0.3 is 11.1 Å². The Morgan fingerprint density at radius 2 is 1.94 bits per heavy atom. The molecular weight excluding hydrogens is 271 g/mol. The topological polar surface area (TPSA) is 38.0 Å². The number of hydrogen-bond donors (Lipinski definition) is 2. The van der Waals surface area contributed by atoms with E-state index >= 15 is 0 Å². The first-order chi connectivity index (χ1) is 7.41. The zero-order valence-corrected chi connectivity index (χ0v) is 11.5. The van der Waals surface area contributed by atoms with Crippen LogP contribution in [0.2, 0.25) is 0 Å². The first-order valence-electron chi connectivity index (χ1n) is 5.44. The zero-order chi connectivity index (χ0) is 12.3. The molecule has 2 nitrogen and oxygen atoms in total. The van der Waals surface area contributed by atoms with Gasteiger partial charge in [0.1, 0.15) is 5.82 Å². The Balaban J connectivity index is 3.01. The molecule has 0 aliphatic rings. The number of halogens is 2. The molecule has 90 valence electrons. The van der Waals surface area contributed by atoms with Crippen molar-refractivity contribution in [2.75, 3.05) is 11.1 Å². The highest BCUT2D eigenvalue weighted by atomic mass is 79.9. The maximum absolute atomic E-state index is 13.2. The molecule has 0 fully saturated rings. The van der Waals surface area contributed by atoms with Gasteiger partial charge in [-0.3, -0.25) is 0 Å². The van der Waals surface area contributed by atoms with E-state index in [0.717, 1.165) is 18.5 Å². The fourth-order valence-electron chi connectivity index (χ4n) is 1.42. The number of nitrogens with two attached hydrogens (primary N) is 1. The van der Waals surface area contributed by atoms with Crippen LogP contribution in [0.25, 0.3) is 0 Å². The summed E-state index contributed by atoms with van der Waals surface area (Å²) in [5.41, 5.74) is 6.99. The number of rotatable bonds is 4. The maximum Gasteiger partial charge on any atom is 0.139 e. The van der Waals surface area contributed by atoms with E-state index in [-0.39, 0.29) is 11.4 Å². The molecule has 16 heavy (non-hydrogen) atoms. The van der Waals surface area contributed by atoms with E-state index in [4.69, 9.17) is 5.73 Å². The number of nitrogen functional groups attached to an aromatic ring is 1. The Labute approximate surface area is 105 Å². The smallest absolute Gasteiger partial charge is 0.139 e. The highest BCUT2D eigenvalue weighted by Crippen LogP contribution is 2.30. The number of nitrogens with one attached hydrogen (secondary N) is 1. The Morgan fingerprint density at radius 1 is 1.38 bits per heavy atom. The van der Waals surface area contributed by atoms with Crippen molar-refractivity contribution in [2.24, 2.45) is 0 Å². The summed E-state index contributed by atoms with van der Waals surface area (Å²) in [5.74, 6) is -0.335. The van der Waals surface area contributed by atoms with Crippen molar-refractivity contribution in [1.29, 1.82) is 0 Å². The molecule has 1 aromatic carbocycles. The molecule has 0 atom stereocenters. The maximum atomic E-state index is 13.2. The van der Waals surface area contributed by atoms with Crippen LogP contribution in [0.5, 0.6) is 0 Å². The lowest BCUT2D eigenvalue weighted by Crippen LogP contribution is -2.33. The van der Waals surface area contributed by atoms with E-state index in [1.165, 1.54) is 6.07 Å². The quantitative estimate of drug-likeness (QED) is 0.817. The van der Waals surface area contributed by atoms with Gasteiger partial charge in [-0.2, -0.15) is 0 Å². The largest absolute Gasteiger partial charge is 0.397 e. The molecular formula is C12H18BrFN2. The SMILES string of the molecule is CCC(C)(CC)Nc1cc(Br)c(F)cc1N. The van der Waals surface area contributed by atoms with E-state index in [1.54, 1.807) is 6.07 Å². The Kier molecular flexibility index (Phi) is 4.19. The van der Waals surface area contributed by atoms with E-state index in [1.807, 2.05) is 0 Å². The third-order valence-corrected chi connectivity index (χ3v) is 3.70. The fraction of sp³-hybridized carbons (Fsp3) is 0.500. The lowest BCUT2D eigenvalue weighted by Gasteiger charge is -2.30. The molecule has 0 aromatic heterocycles. The molecule has 0 bridgehead atoms. The van der Waals surface area contributed by atoms with E-state index in [9.17, 15) is 4.39 Å². The molecule has 0 spiro atoms. The summed E-state index contributed by atoms with van der Waals surface area (Å²) in [6.45, 7) is 6.36. The second kappa shape index (κ2) is 5.04. The van der Waals surface area contributed by atoms with Gasteiger partial charge in [-0.25, -0.2) is 4.39 Å². The summed E-state index contributed by atoms with van der Waals surface area (Å²) in [6.07, 6.45) is 1.97. The second-order valence-electron chi connectivity index (χ2n) is 4.25. The highest BCUT2D eigenvalue weighted by molar-refractivity contribution is 9.10. The van der Waals surface area contributed by atoms with Gasteiger partial charge in [0.25, 0.3) is 0 Å². The van der Waals surface area contributed by atoms with Gasteiger partial charge in [-0.05, 0) is 41.8 Å². The third-order valence-electron chi connectivity index (χ3n) is 3.09. The monoisotopic (exact) mass is 288 g/mol. The summed E-state index contributed by atoms with van der Waals surface area (Å²) >= 11 is 3.16. The van der Waals surface area contributed by atoms with Crippen molar-refractivity contribution < 1.29 is 4.39 Å². The molecule has 0 aliphatic carbocycles. The van der Waals surface area contributed by atoms with Gasteiger partial charge in [0.15, 0.2) is 0 Å².